The minimum absolute atomic E-state index is 0.141. The molecule has 0 amide bonds. The van der Waals surface area contributed by atoms with Gasteiger partial charge in [-0.25, -0.2) is 9.19 Å². The van der Waals surface area contributed by atoms with Gasteiger partial charge in [0.05, 0.1) is 15.4 Å². The Labute approximate surface area is 193 Å². The van der Waals surface area contributed by atoms with E-state index in [2.05, 4.69) is 28.7 Å². The molecule has 0 saturated heterocycles. The van der Waals surface area contributed by atoms with Crippen LogP contribution in [0.3, 0.4) is 0 Å². The van der Waals surface area contributed by atoms with E-state index in [1.165, 1.54) is 41.1 Å². The van der Waals surface area contributed by atoms with Crippen molar-refractivity contribution in [1.82, 2.24) is 19.5 Å². The first-order chi connectivity index (χ1) is 15.7. The number of hydrogen-bond donors (Lipinski definition) is 0. The maximum Gasteiger partial charge on any atom is 0.573 e. The Morgan fingerprint density at radius 2 is 1.79 bits per heavy atom. The number of aryl methyl sites for hydroxylation is 1. The summed E-state index contributed by atoms with van der Waals surface area (Å²) in [7, 11) is -3.09. The molecule has 0 aliphatic carbocycles. The molecule has 15 heteroatoms. The van der Waals surface area contributed by atoms with E-state index < -0.39 is 33.1 Å². The molecule has 0 fully saturated rings. The maximum absolute atomic E-state index is 13.2. The third-order valence-corrected chi connectivity index (χ3v) is 6.28. The molecule has 0 radical (unpaired) electrons. The minimum Gasteiger partial charge on any atom is -0.406 e. The fourth-order valence-corrected chi connectivity index (χ4v) is 4.34. The Kier molecular flexibility index (Phi) is 5.76. The van der Waals surface area contributed by atoms with Crippen LogP contribution >= 0.6 is 11.6 Å². The number of imidazole rings is 1. The Balaban J connectivity index is 1.70. The number of fused-ring (bicyclic) bond motifs is 1. The predicted molar refractivity (Wildman–Crippen MR) is 111 cm³/mol. The van der Waals surface area contributed by atoms with Gasteiger partial charge in [0.1, 0.15) is 11.4 Å². The van der Waals surface area contributed by atoms with Crippen LogP contribution in [0.2, 0.25) is 0 Å². The fraction of sp³-hybridized carbons (Fsp3) is 0.211. The van der Waals surface area contributed by atoms with Gasteiger partial charge in [0.2, 0.25) is 5.82 Å². The van der Waals surface area contributed by atoms with E-state index in [1.807, 2.05) is 0 Å². The number of halogens is 6. The van der Waals surface area contributed by atoms with Crippen molar-refractivity contribution in [3.05, 3.63) is 54.2 Å². The third kappa shape index (κ3) is 4.97. The zero-order valence-corrected chi connectivity index (χ0v) is 18.8. The molecule has 8 nitrogen and oxygen atoms in total. The first-order valence-corrected chi connectivity index (χ1v) is 11.5. The van der Waals surface area contributed by atoms with Crippen LogP contribution in [0.15, 0.2) is 56.4 Å². The average Bonchev–Trinajstić information content (AvgIpc) is 3.32. The zero-order valence-electron chi connectivity index (χ0n) is 17.2. The van der Waals surface area contributed by atoms with Gasteiger partial charge in [-0.3, -0.25) is 4.40 Å². The highest BCUT2D eigenvalue weighted by atomic mass is 35.5. The molecule has 3 aromatic heterocycles. The Morgan fingerprint density at radius 1 is 1.12 bits per heavy atom. The molecule has 4 aromatic rings. The lowest BCUT2D eigenvalue weighted by Crippen LogP contribution is -2.17. The average molecular weight is 522 g/mol. The second-order valence-electron chi connectivity index (χ2n) is 7.00. The fourth-order valence-electron chi connectivity index (χ4n) is 2.97. The molecule has 3 heterocycles. The number of rotatable bonds is 5. The summed E-state index contributed by atoms with van der Waals surface area (Å²) in [6.07, 6.45) is -2.03. The second kappa shape index (κ2) is 8.20. The van der Waals surface area contributed by atoms with Gasteiger partial charge in [0.25, 0.3) is 0 Å². The van der Waals surface area contributed by atoms with Crippen molar-refractivity contribution in [3.8, 4) is 17.1 Å². The summed E-state index contributed by atoms with van der Waals surface area (Å²) in [5.41, 5.74) is 1.02. The van der Waals surface area contributed by atoms with Crippen molar-refractivity contribution in [2.75, 3.05) is 6.26 Å². The van der Waals surface area contributed by atoms with Crippen molar-refractivity contribution < 1.29 is 35.4 Å². The lowest BCUT2D eigenvalue weighted by Gasteiger charge is -2.10. The van der Waals surface area contributed by atoms with E-state index in [4.69, 9.17) is 11.6 Å². The van der Waals surface area contributed by atoms with E-state index in [0.29, 0.717) is 16.9 Å². The highest BCUT2D eigenvalue weighted by Gasteiger charge is 2.36. The summed E-state index contributed by atoms with van der Waals surface area (Å²) in [6, 6.07) is 7.49. The Morgan fingerprint density at radius 3 is 2.38 bits per heavy atom. The maximum atomic E-state index is 13.2. The number of alkyl halides is 6. The van der Waals surface area contributed by atoms with Crippen LogP contribution in [0.5, 0.6) is 5.75 Å². The molecule has 0 saturated carbocycles. The Bertz CT molecular complexity index is 1480. The summed E-state index contributed by atoms with van der Waals surface area (Å²) in [4.78, 5) is 8.07. The monoisotopic (exact) mass is 521 g/mol. The number of benzene rings is 1. The van der Waals surface area contributed by atoms with E-state index >= 15 is 0 Å². The number of pyridine rings is 1. The molecule has 1 unspecified atom stereocenters. The molecule has 0 spiro atoms. The zero-order chi connectivity index (χ0) is 24.9. The van der Waals surface area contributed by atoms with Crippen LogP contribution in [0.1, 0.15) is 11.6 Å². The minimum atomic E-state index is -4.85. The van der Waals surface area contributed by atoms with Gasteiger partial charge in [-0.15, -0.1) is 13.2 Å². The van der Waals surface area contributed by atoms with Crippen molar-refractivity contribution >= 4 is 32.8 Å². The van der Waals surface area contributed by atoms with Crippen molar-refractivity contribution in [2.45, 2.75) is 23.6 Å². The highest BCUT2D eigenvalue weighted by Crippen LogP contribution is 2.33. The van der Waals surface area contributed by atoms with Crippen LogP contribution in [0.4, 0.5) is 27.8 Å². The van der Waals surface area contributed by atoms with Crippen LogP contribution in [0, 0.1) is 6.92 Å². The van der Waals surface area contributed by atoms with E-state index in [0.717, 1.165) is 12.1 Å². The van der Waals surface area contributed by atoms with Gasteiger partial charge < -0.3 is 9.26 Å². The van der Waals surface area contributed by atoms with E-state index in [1.54, 1.807) is 6.92 Å². The van der Waals surface area contributed by atoms with Gasteiger partial charge in [-0.1, -0.05) is 5.16 Å². The lowest BCUT2D eigenvalue weighted by molar-refractivity contribution is -0.274. The number of nitrogens with zero attached hydrogens (tertiary/aromatic N) is 5. The summed E-state index contributed by atoms with van der Waals surface area (Å²) in [5.74, 6) is -1.43. The second-order valence-corrected chi connectivity index (χ2v) is 9.73. The summed E-state index contributed by atoms with van der Waals surface area (Å²) in [5, 5.41) is -0.336. The van der Waals surface area contributed by atoms with Crippen LogP contribution in [-0.4, -0.2) is 36.4 Å². The summed E-state index contributed by atoms with van der Waals surface area (Å²) in [6.45, 7) is 1.61. The van der Waals surface area contributed by atoms with Gasteiger partial charge in [-0.2, -0.15) is 18.1 Å². The normalized spacial score (nSPS) is 14.2. The predicted octanol–water partition coefficient (Wildman–Crippen LogP) is 5.67. The molecular weight excluding hydrogens is 509 g/mol. The molecule has 34 heavy (non-hydrogen) atoms. The molecule has 1 atom stereocenters. The van der Waals surface area contributed by atoms with Crippen molar-refractivity contribution in [2.24, 2.45) is 4.36 Å². The van der Waals surface area contributed by atoms with Gasteiger partial charge in [-0.05, 0) is 54.9 Å². The molecule has 0 bridgehead atoms. The van der Waals surface area contributed by atoms with Crippen molar-refractivity contribution in [3.63, 3.8) is 0 Å². The summed E-state index contributed by atoms with van der Waals surface area (Å²) < 4.78 is 90.7. The third-order valence-electron chi connectivity index (χ3n) is 4.45. The molecule has 1 aromatic carbocycles. The van der Waals surface area contributed by atoms with Crippen LogP contribution in [0.25, 0.3) is 17.0 Å². The number of aromatic nitrogens is 4. The largest absolute Gasteiger partial charge is 0.573 e. The standard InChI is InChI=1S/C19H13ClF5N5O3S/c1-10-16(29-34(2,31)13-5-3-12(4-6-13)32-19(23,24)25)30-8-7-11(9-14(30)26-10)15-27-17(33-28-15)18(20,21)22/h3-9H,1-2H3. The smallest absolute Gasteiger partial charge is 0.406 e. The molecular formula is C19H13ClF5N5O3S. The highest BCUT2D eigenvalue weighted by molar-refractivity contribution is 7.93. The van der Waals surface area contributed by atoms with Crippen LogP contribution < -0.4 is 4.74 Å². The first kappa shape index (κ1) is 23.9. The topological polar surface area (TPSA) is 94.9 Å². The molecule has 4 rings (SSSR count). The number of hydrogen-bond acceptors (Lipinski definition) is 7. The van der Waals surface area contributed by atoms with Gasteiger partial charge >= 0.3 is 17.6 Å². The molecule has 0 N–H and O–H groups in total. The summed E-state index contributed by atoms with van der Waals surface area (Å²) >= 11 is 4.88. The lowest BCUT2D eigenvalue weighted by atomic mass is 10.2. The number of ether oxygens (including phenoxy) is 1. The Hall–Kier alpha value is -3.26. The molecule has 0 aliphatic rings. The quantitative estimate of drug-likeness (QED) is 0.248. The SMILES string of the molecule is Cc1nc2cc(-c3noc(C(F)(F)Cl)n3)ccn2c1N=S(C)(=O)c1ccc(OC(F)(F)F)cc1. The van der Waals surface area contributed by atoms with Crippen molar-refractivity contribution in [1.29, 1.82) is 0 Å². The van der Waals surface area contributed by atoms with Crippen LogP contribution in [-0.2, 0) is 15.1 Å². The van der Waals surface area contributed by atoms with E-state index in [-0.39, 0.29) is 16.5 Å². The van der Waals surface area contributed by atoms with Gasteiger partial charge in [0, 0.05) is 22.9 Å². The molecule has 180 valence electrons. The first-order valence-electron chi connectivity index (χ1n) is 9.21. The molecule has 0 aliphatic heterocycles. The van der Waals surface area contributed by atoms with E-state index in [9.17, 15) is 26.2 Å². The van der Waals surface area contributed by atoms with Gasteiger partial charge in [0.15, 0.2) is 5.82 Å².